The molecule has 0 saturated carbocycles. The monoisotopic (exact) mass is 235 g/mol. The molecule has 4 nitrogen and oxygen atoms in total. The SMILES string of the molecule is COc1cccc(C(C)N2C[C@@H](C)OC2=O)c1. The first-order valence-corrected chi connectivity index (χ1v) is 5.73. The second-order valence-corrected chi connectivity index (χ2v) is 4.30. The number of carbonyl (C=O) groups is 1. The van der Waals surface area contributed by atoms with Gasteiger partial charge >= 0.3 is 6.09 Å². The molecular formula is C13H17NO3. The van der Waals surface area contributed by atoms with Gasteiger partial charge in [0, 0.05) is 0 Å². The van der Waals surface area contributed by atoms with Crippen molar-refractivity contribution >= 4 is 6.09 Å². The molecule has 1 aromatic rings. The number of hydrogen-bond donors (Lipinski definition) is 0. The van der Waals surface area contributed by atoms with Crippen LogP contribution in [0, 0.1) is 0 Å². The van der Waals surface area contributed by atoms with Crippen LogP contribution in [0.15, 0.2) is 24.3 Å². The third kappa shape index (κ3) is 2.35. The number of hydrogen-bond acceptors (Lipinski definition) is 3. The number of methoxy groups -OCH3 is 1. The zero-order valence-corrected chi connectivity index (χ0v) is 10.3. The Labute approximate surface area is 101 Å². The molecule has 0 spiro atoms. The zero-order valence-electron chi connectivity index (χ0n) is 10.3. The second kappa shape index (κ2) is 4.65. The van der Waals surface area contributed by atoms with Crippen LogP contribution in [0.3, 0.4) is 0 Å². The van der Waals surface area contributed by atoms with E-state index in [-0.39, 0.29) is 18.2 Å². The molecule has 1 saturated heterocycles. The van der Waals surface area contributed by atoms with Crippen molar-refractivity contribution in [1.82, 2.24) is 4.90 Å². The summed E-state index contributed by atoms with van der Waals surface area (Å²) in [7, 11) is 1.63. The Morgan fingerprint density at radius 1 is 1.53 bits per heavy atom. The fraction of sp³-hybridized carbons (Fsp3) is 0.462. The lowest BCUT2D eigenvalue weighted by atomic mass is 10.1. The summed E-state index contributed by atoms with van der Waals surface area (Å²) < 4.78 is 10.3. The quantitative estimate of drug-likeness (QED) is 0.808. The van der Waals surface area contributed by atoms with E-state index in [0.717, 1.165) is 11.3 Å². The maximum Gasteiger partial charge on any atom is 0.410 e. The molecule has 1 aromatic carbocycles. The maximum absolute atomic E-state index is 11.6. The Balaban J connectivity index is 2.18. The van der Waals surface area contributed by atoms with Gasteiger partial charge in [0.2, 0.25) is 0 Å². The lowest BCUT2D eigenvalue weighted by Gasteiger charge is -2.22. The van der Waals surface area contributed by atoms with Crippen LogP contribution in [0.2, 0.25) is 0 Å². The summed E-state index contributed by atoms with van der Waals surface area (Å²) in [4.78, 5) is 13.4. The molecule has 0 N–H and O–H groups in total. The Morgan fingerprint density at radius 2 is 2.29 bits per heavy atom. The summed E-state index contributed by atoms with van der Waals surface area (Å²) >= 11 is 0. The molecule has 4 heteroatoms. The molecule has 1 fully saturated rings. The van der Waals surface area contributed by atoms with Gasteiger partial charge < -0.3 is 9.47 Å². The Hall–Kier alpha value is -1.71. The summed E-state index contributed by atoms with van der Waals surface area (Å²) in [5.74, 6) is 0.801. The number of amides is 1. The van der Waals surface area contributed by atoms with Gasteiger partial charge in [-0.3, -0.25) is 4.90 Å². The summed E-state index contributed by atoms with van der Waals surface area (Å²) in [6.07, 6.45) is -0.275. The summed E-state index contributed by atoms with van der Waals surface area (Å²) in [5, 5.41) is 0. The molecule has 0 aromatic heterocycles. The van der Waals surface area contributed by atoms with Crippen LogP contribution in [-0.2, 0) is 4.74 Å². The lowest BCUT2D eigenvalue weighted by molar-refractivity contribution is 0.134. The van der Waals surface area contributed by atoms with Crippen molar-refractivity contribution in [1.29, 1.82) is 0 Å². The van der Waals surface area contributed by atoms with Crippen molar-refractivity contribution < 1.29 is 14.3 Å². The van der Waals surface area contributed by atoms with E-state index in [9.17, 15) is 4.79 Å². The van der Waals surface area contributed by atoms with Crippen molar-refractivity contribution in [3.05, 3.63) is 29.8 Å². The van der Waals surface area contributed by atoms with E-state index in [0.29, 0.717) is 6.54 Å². The third-order valence-corrected chi connectivity index (χ3v) is 3.03. The Kier molecular flexibility index (Phi) is 3.22. The van der Waals surface area contributed by atoms with Gasteiger partial charge in [0.25, 0.3) is 0 Å². The van der Waals surface area contributed by atoms with Crippen molar-refractivity contribution in [2.75, 3.05) is 13.7 Å². The van der Waals surface area contributed by atoms with Gasteiger partial charge in [-0.1, -0.05) is 12.1 Å². The van der Waals surface area contributed by atoms with E-state index in [1.165, 1.54) is 0 Å². The second-order valence-electron chi connectivity index (χ2n) is 4.30. The van der Waals surface area contributed by atoms with Gasteiger partial charge in [0.15, 0.2) is 0 Å². The molecule has 1 aliphatic heterocycles. The summed E-state index contributed by atoms with van der Waals surface area (Å²) in [5.41, 5.74) is 1.05. The molecule has 0 radical (unpaired) electrons. The largest absolute Gasteiger partial charge is 0.497 e. The van der Waals surface area contributed by atoms with Gasteiger partial charge in [-0.15, -0.1) is 0 Å². The third-order valence-electron chi connectivity index (χ3n) is 3.03. The molecule has 2 rings (SSSR count). The first-order valence-electron chi connectivity index (χ1n) is 5.73. The highest BCUT2D eigenvalue weighted by Gasteiger charge is 2.32. The first kappa shape index (κ1) is 11.8. The molecule has 1 heterocycles. The van der Waals surface area contributed by atoms with E-state index in [1.807, 2.05) is 38.1 Å². The predicted octanol–water partition coefficient (Wildman–Crippen LogP) is 2.60. The van der Waals surface area contributed by atoms with Gasteiger partial charge in [0.05, 0.1) is 19.7 Å². The molecule has 2 atom stereocenters. The van der Waals surface area contributed by atoms with E-state index in [4.69, 9.17) is 9.47 Å². The first-order chi connectivity index (χ1) is 8.11. The minimum Gasteiger partial charge on any atom is -0.497 e. The van der Waals surface area contributed by atoms with Crippen LogP contribution in [0.4, 0.5) is 4.79 Å². The van der Waals surface area contributed by atoms with Crippen LogP contribution in [-0.4, -0.2) is 30.8 Å². The molecule has 1 amide bonds. The number of ether oxygens (including phenoxy) is 2. The molecule has 0 aliphatic carbocycles. The van der Waals surface area contributed by atoms with Crippen molar-refractivity contribution in [3.63, 3.8) is 0 Å². The van der Waals surface area contributed by atoms with E-state index in [1.54, 1.807) is 12.0 Å². The predicted molar refractivity (Wildman–Crippen MR) is 64.1 cm³/mol. The topological polar surface area (TPSA) is 38.8 Å². The average Bonchev–Trinajstić information content (AvgIpc) is 2.67. The van der Waals surface area contributed by atoms with E-state index < -0.39 is 0 Å². The van der Waals surface area contributed by atoms with Crippen LogP contribution >= 0.6 is 0 Å². The lowest BCUT2D eigenvalue weighted by Crippen LogP contribution is -2.28. The highest BCUT2D eigenvalue weighted by molar-refractivity contribution is 5.70. The van der Waals surface area contributed by atoms with Crippen LogP contribution < -0.4 is 4.74 Å². The van der Waals surface area contributed by atoms with Crippen molar-refractivity contribution in [2.45, 2.75) is 26.0 Å². The minimum atomic E-state index is -0.243. The summed E-state index contributed by atoms with van der Waals surface area (Å²) in [6.45, 7) is 4.53. The molecule has 1 aliphatic rings. The number of cyclic esters (lactones) is 1. The minimum absolute atomic E-state index is 0.00236. The highest BCUT2D eigenvalue weighted by atomic mass is 16.6. The van der Waals surface area contributed by atoms with Crippen molar-refractivity contribution in [3.8, 4) is 5.75 Å². The molecule has 17 heavy (non-hydrogen) atoms. The van der Waals surface area contributed by atoms with Gasteiger partial charge in [0.1, 0.15) is 11.9 Å². The van der Waals surface area contributed by atoms with Gasteiger partial charge in [-0.05, 0) is 31.5 Å². The number of benzene rings is 1. The van der Waals surface area contributed by atoms with Crippen LogP contribution in [0.25, 0.3) is 0 Å². The van der Waals surface area contributed by atoms with E-state index in [2.05, 4.69) is 0 Å². The maximum atomic E-state index is 11.6. The fourth-order valence-electron chi connectivity index (χ4n) is 2.03. The van der Waals surface area contributed by atoms with Crippen molar-refractivity contribution in [2.24, 2.45) is 0 Å². The molecule has 1 unspecified atom stereocenters. The molecule has 0 bridgehead atoms. The summed E-state index contributed by atoms with van der Waals surface area (Å²) in [6, 6.07) is 7.75. The normalized spacial score (nSPS) is 21.2. The van der Waals surface area contributed by atoms with E-state index >= 15 is 0 Å². The Bertz CT molecular complexity index is 419. The zero-order chi connectivity index (χ0) is 12.4. The number of carbonyl (C=O) groups excluding carboxylic acids is 1. The van der Waals surface area contributed by atoms with Crippen LogP contribution in [0.5, 0.6) is 5.75 Å². The van der Waals surface area contributed by atoms with Crippen LogP contribution in [0.1, 0.15) is 25.5 Å². The molecule has 92 valence electrons. The smallest absolute Gasteiger partial charge is 0.410 e. The average molecular weight is 235 g/mol. The van der Waals surface area contributed by atoms with Gasteiger partial charge in [-0.25, -0.2) is 4.79 Å². The number of rotatable bonds is 3. The Morgan fingerprint density at radius 3 is 2.88 bits per heavy atom. The highest BCUT2D eigenvalue weighted by Crippen LogP contribution is 2.27. The fourth-order valence-corrected chi connectivity index (χ4v) is 2.03. The van der Waals surface area contributed by atoms with Gasteiger partial charge in [-0.2, -0.15) is 0 Å². The number of nitrogens with zero attached hydrogens (tertiary/aromatic N) is 1. The standard InChI is InChI=1S/C13H17NO3/c1-9-8-14(13(15)17-9)10(2)11-5-4-6-12(7-11)16-3/h4-7,9-10H,8H2,1-3H3/t9-,10?/m1/s1. The molecular weight excluding hydrogens is 218 g/mol.